The van der Waals surface area contributed by atoms with Crippen LogP contribution in [0.3, 0.4) is 0 Å². The third-order valence-electron chi connectivity index (χ3n) is 4.61. The number of methoxy groups -OCH3 is 1. The van der Waals surface area contributed by atoms with Crippen molar-refractivity contribution in [3.8, 4) is 5.75 Å². The largest absolute Gasteiger partial charge is 0.495 e. The molecular formula is C19H20N4O3S2. The molecule has 2 heterocycles. The number of rotatable bonds is 5. The minimum absolute atomic E-state index is 0.221. The Morgan fingerprint density at radius 3 is 2.68 bits per heavy atom. The van der Waals surface area contributed by atoms with Crippen LogP contribution in [-0.2, 0) is 16.4 Å². The van der Waals surface area contributed by atoms with E-state index in [9.17, 15) is 8.42 Å². The number of imidazole rings is 1. The summed E-state index contributed by atoms with van der Waals surface area (Å²) < 4.78 is 32.4. The van der Waals surface area contributed by atoms with Crippen molar-refractivity contribution in [2.75, 3.05) is 18.7 Å². The molecule has 0 unspecified atom stereocenters. The predicted octanol–water partition coefficient (Wildman–Crippen LogP) is 4.13. The van der Waals surface area contributed by atoms with Gasteiger partial charge in [-0.3, -0.25) is 0 Å². The van der Waals surface area contributed by atoms with Crippen LogP contribution < -0.4 is 10.1 Å². The maximum Gasteiger partial charge on any atom is 0.188 e. The minimum atomic E-state index is -3.33. The average molecular weight is 417 g/mol. The Morgan fingerprint density at radius 1 is 1.21 bits per heavy atom. The Kier molecular flexibility index (Phi) is 4.51. The monoisotopic (exact) mass is 416 g/mol. The lowest BCUT2D eigenvalue weighted by molar-refractivity contribution is 0.416. The zero-order valence-electron chi connectivity index (χ0n) is 16.0. The van der Waals surface area contributed by atoms with E-state index in [2.05, 4.69) is 21.8 Å². The van der Waals surface area contributed by atoms with Gasteiger partial charge < -0.3 is 14.6 Å². The number of benzene rings is 2. The first-order chi connectivity index (χ1) is 13.3. The van der Waals surface area contributed by atoms with Crippen LogP contribution in [0.2, 0.25) is 0 Å². The van der Waals surface area contributed by atoms with Crippen molar-refractivity contribution in [3.63, 3.8) is 0 Å². The topological polar surface area (TPSA) is 86.1 Å². The Balaban J connectivity index is 1.84. The second-order valence-corrected chi connectivity index (χ2v) is 9.51. The molecule has 0 amide bonds. The number of nitrogens with zero attached hydrogens (tertiary/aromatic N) is 3. The van der Waals surface area contributed by atoms with Crippen molar-refractivity contribution in [2.45, 2.75) is 25.3 Å². The predicted molar refractivity (Wildman–Crippen MR) is 113 cm³/mol. The zero-order valence-corrected chi connectivity index (χ0v) is 17.6. The van der Waals surface area contributed by atoms with E-state index in [-0.39, 0.29) is 4.90 Å². The van der Waals surface area contributed by atoms with Gasteiger partial charge in [-0.2, -0.15) is 0 Å². The molecule has 0 aliphatic rings. The fourth-order valence-corrected chi connectivity index (χ4v) is 4.82. The maximum absolute atomic E-state index is 11.9. The van der Waals surface area contributed by atoms with Gasteiger partial charge in [-0.05, 0) is 44.2 Å². The van der Waals surface area contributed by atoms with Gasteiger partial charge in [-0.15, -0.1) is 0 Å². The molecule has 1 N–H and O–H groups in total. The number of anilines is 2. The van der Waals surface area contributed by atoms with Crippen molar-refractivity contribution < 1.29 is 13.2 Å². The van der Waals surface area contributed by atoms with Crippen LogP contribution in [0.5, 0.6) is 5.75 Å². The lowest BCUT2D eigenvalue weighted by Gasteiger charge is -2.10. The Labute approximate surface area is 166 Å². The highest BCUT2D eigenvalue weighted by Gasteiger charge is 2.16. The summed E-state index contributed by atoms with van der Waals surface area (Å²) >= 11 is 1.50. The van der Waals surface area contributed by atoms with Gasteiger partial charge in [0.25, 0.3) is 0 Å². The summed E-state index contributed by atoms with van der Waals surface area (Å²) in [5.74, 6) is 1.50. The highest BCUT2D eigenvalue weighted by molar-refractivity contribution is 7.90. The van der Waals surface area contributed by atoms with Gasteiger partial charge in [0.05, 0.1) is 33.4 Å². The van der Waals surface area contributed by atoms with Crippen molar-refractivity contribution in [3.05, 3.63) is 36.2 Å². The van der Waals surface area contributed by atoms with Crippen molar-refractivity contribution in [1.82, 2.24) is 14.5 Å². The number of ether oxygens (including phenoxy) is 1. The number of hydrogen-bond donors (Lipinski definition) is 1. The molecule has 28 heavy (non-hydrogen) atoms. The Hall–Kier alpha value is -2.65. The summed E-state index contributed by atoms with van der Waals surface area (Å²) in [7, 11) is -1.78. The first-order valence-corrected chi connectivity index (χ1v) is 11.4. The fourth-order valence-electron chi connectivity index (χ4n) is 3.29. The van der Waals surface area contributed by atoms with Gasteiger partial charge in [0, 0.05) is 12.8 Å². The van der Waals surface area contributed by atoms with E-state index in [1.54, 1.807) is 19.2 Å². The second kappa shape index (κ2) is 6.75. The molecule has 4 aromatic rings. The number of sulfone groups is 1. The van der Waals surface area contributed by atoms with Crippen LogP contribution in [0, 0.1) is 6.92 Å². The van der Waals surface area contributed by atoms with Crippen molar-refractivity contribution in [2.24, 2.45) is 0 Å². The van der Waals surface area contributed by atoms with E-state index in [1.165, 1.54) is 23.7 Å². The smallest absolute Gasteiger partial charge is 0.188 e. The molecule has 0 aliphatic carbocycles. The summed E-state index contributed by atoms with van der Waals surface area (Å²) in [4.78, 5) is 9.60. The number of fused-ring (bicyclic) bond motifs is 3. The van der Waals surface area contributed by atoms with E-state index in [0.29, 0.717) is 16.6 Å². The molecular weight excluding hydrogens is 396 g/mol. The molecule has 0 saturated carbocycles. The van der Waals surface area contributed by atoms with Crippen LogP contribution in [0.1, 0.15) is 12.7 Å². The van der Waals surface area contributed by atoms with Gasteiger partial charge in [-0.1, -0.05) is 11.3 Å². The number of thiazole rings is 1. The summed E-state index contributed by atoms with van der Waals surface area (Å²) in [6, 6.07) is 8.75. The third kappa shape index (κ3) is 3.10. The van der Waals surface area contributed by atoms with Gasteiger partial charge >= 0.3 is 0 Å². The molecule has 0 aliphatic heterocycles. The molecule has 146 valence electrons. The summed E-state index contributed by atoms with van der Waals surface area (Å²) in [6.07, 6.45) is 1.18. The SMILES string of the molecule is CCn1c(C)nc2ccc3sc(Nc4cc(S(C)(=O)=O)ccc4OC)nc3c21. The lowest BCUT2D eigenvalue weighted by atomic mass is 10.3. The van der Waals surface area contributed by atoms with Crippen molar-refractivity contribution >= 4 is 53.2 Å². The molecule has 9 heteroatoms. The number of aromatic nitrogens is 3. The van der Waals surface area contributed by atoms with Gasteiger partial charge in [0.2, 0.25) is 0 Å². The number of aryl methyl sites for hydroxylation is 2. The van der Waals surface area contributed by atoms with E-state index >= 15 is 0 Å². The van der Waals surface area contributed by atoms with E-state index < -0.39 is 9.84 Å². The normalized spacial score (nSPS) is 12.0. The Morgan fingerprint density at radius 2 is 2.00 bits per heavy atom. The average Bonchev–Trinajstić information content (AvgIpc) is 3.19. The molecule has 0 radical (unpaired) electrons. The standard InChI is InChI=1S/C19H20N4O3S2/c1-5-23-11(2)20-13-7-9-16-17(18(13)23)22-19(27-16)21-14-10-12(28(4,24)25)6-8-15(14)26-3/h6-10H,5H2,1-4H3,(H,21,22). The molecule has 0 fully saturated rings. The maximum atomic E-state index is 11.9. The number of nitrogens with one attached hydrogen (secondary N) is 1. The van der Waals surface area contributed by atoms with Gasteiger partial charge in [-0.25, -0.2) is 18.4 Å². The van der Waals surface area contributed by atoms with Gasteiger partial charge in [0.15, 0.2) is 15.0 Å². The lowest BCUT2D eigenvalue weighted by Crippen LogP contribution is -2.00. The van der Waals surface area contributed by atoms with Crippen LogP contribution in [-0.4, -0.2) is 36.3 Å². The quantitative estimate of drug-likeness (QED) is 0.526. The molecule has 0 spiro atoms. The summed E-state index contributed by atoms with van der Waals surface area (Å²) in [5, 5.41) is 3.88. The molecule has 0 saturated heterocycles. The second-order valence-electron chi connectivity index (χ2n) is 6.46. The molecule has 0 atom stereocenters. The summed E-state index contributed by atoms with van der Waals surface area (Å²) in [6.45, 7) is 4.88. The fraction of sp³-hybridized carbons (Fsp3) is 0.263. The van der Waals surface area contributed by atoms with Crippen LogP contribution in [0.4, 0.5) is 10.8 Å². The zero-order chi connectivity index (χ0) is 20.1. The third-order valence-corrected chi connectivity index (χ3v) is 6.66. The summed E-state index contributed by atoms with van der Waals surface area (Å²) in [5.41, 5.74) is 3.37. The van der Waals surface area contributed by atoms with E-state index in [1.807, 2.05) is 19.1 Å². The highest BCUT2D eigenvalue weighted by Crippen LogP contribution is 2.36. The van der Waals surface area contributed by atoms with Crippen LogP contribution in [0.15, 0.2) is 35.2 Å². The molecule has 2 aromatic carbocycles. The van der Waals surface area contributed by atoms with Crippen molar-refractivity contribution in [1.29, 1.82) is 0 Å². The number of hydrogen-bond acceptors (Lipinski definition) is 7. The van der Waals surface area contributed by atoms with E-state index in [0.717, 1.165) is 33.6 Å². The van der Waals surface area contributed by atoms with Crippen LogP contribution >= 0.6 is 11.3 Å². The van der Waals surface area contributed by atoms with E-state index in [4.69, 9.17) is 9.72 Å². The molecule has 0 bridgehead atoms. The first kappa shape index (κ1) is 18.7. The van der Waals surface area contributed by atoms with Crippen LogP contribution in [0.25, 0.3) is 21.3 Å². The minimum Gasteiger partial charge on any atom is -0.495 e. The Bertz CT molecular complexity index is 1310. The molecule has 2 aromatic heterocycles. The molecule has 4 rings (SSSR count). The first-order valence-electron chi connectivity index (χ1n) is 8.73. The highest BCUT2D eigenvalue weighted by atomic mass is 32.2. The molecule has 7 nitrogen and oxygen atoms in total. The van der Waals surface area contributed by atoms with Gasteiger partial charge in [0.1, 0.15) is 17.1 Å².